The highest BCUT2D eigenvalue weighted by Gasteiger charge is 2.37. The van der Waals surface area contributed by atoms with Crippen LogP contribution in [0.3, 0.4) is 0 Å². The summed E-state index contributed by atoms with van der Waals surface area (Å²) in [6, 6.07) is 8.85. The zero-order valence-corrected chi connectivity index (χ0v) is 27.1. The molecule has 0 spiro atoms. The lowest BCUT2D eigenvalue weighted by atomic mass is 9.65. The molecule has 0 aromatic heterocycles. The van der Waals surface area contributed by atoms with Crippen molar-refractivity contribution in [1.82, 2.24) is 0 Å². The van der Waals surface area contributed by atoms with E-state index in [1.54, 1.807) is 23.9 Å². The second-order valence-electron chi connectivity index (χ2n) is 9.73. The van der Waals surface area contributed by atoms with Gasteiger partial charge in [-0.25, -0.2) is 0 Å². The lowest BCUT2D eigenvalue weighted by Gasteiger charge is -2.46. The second-order valence-corrected chi connectivity index (χ2v) is 10.9. The Balaban J connectivity index is 0.00000225. The van der Waals surface area contributed by atoms with Crippen LogP contribution in [0.2, 0.25) is 0 Å². The molecule has 2 fully saturated rings. The maximum Gasteiger partial charge on any atom is 0.0366 e. The Labute approximate surface area is 246 Å². The third-order valence-electron chi connectivity index (χ3n) is 7.43. The van der Waals surface area contributed by atoms with Crippen molar-refractivity contribution in [2.24, 2.45) is 17.1 Å². The fourth-order valence-corrected chi connectivity index (χ4v) is 5.98. The molecule has 0 amide bonds. The van der Waals surface area contributed by atoms with Crippen molar-refractivity contribution in [2.75, 3.05) is 18.0 Å². The molecule has 1 heterocycles. The minimum Gasteiger partial charge on any atom is -0.399 e. The lowest BCUT2D eigenvalue weighted by Crippen LogP contribution is -2.43. The minimum absolute atomic E-state index is 0.518. The summed E-state index contributed by atoms with van der Waals surface area (Å²) in [5, 5.41) is 0. The molecule has 0 bridgehead atoms. The van der Waals surface area contributed by atoms with E-state index < -0.39 is 0 Å². The SMILES string of the molecule is C=C/C(=C\C=C\C(=C)N)C(=C)SC(=C)c1ccc(N2CCC(C)(C3CCCCC3)CC2)cc1.CC.CC.CC. The Morgan fingerprint density at radius 1 is 0.923 bits per heavy atom. The quantitative estimate of drug-likeness (QED) is 0.310. The van der Waals surface area contributed by atoms with Crippen molar-refractivity contribution in [1.29, 1.82) is 0 Å². The van der Waals surface area contributed by atoms with Crippen LogP contribution in [-0.4, -0.2) is 13.1 Å². The summed E-state index contributed by atoms with van der Waals surface area (Å²) in [4.78, 5) is 4.44. The Bertz CT molecular complexity index is 921. The first-order chi connectivity index (χ1) is 18.8. The zero-order chi connectivity index (χ0) is 29.8. The van der Waals surface area contributed by atoms with E-state index in [1.165, 1.54) is 50.6 Å². The van der Waals surface area contributed by atoms with Crippen LogP contribution in [0.15, 0.2) is 91.1 Å². The van der Waals surface area contributed by atoms with E-state index in [4.69, 9.17) is 5.73 Å². The molecular weight excluding hydrogens is 492 g/mol. The normalized spacial score (nSPS) is 16.9. The van der Waals surface area contributed by atoms with Gasteiger partial charge in [-0.2, -0.15) is 0 Å². The summed E-state index contributed by atoms with van der Waals surface area (Å²) < 4.78 is 0. The van der Waals surface area contributed by atoms with Gasteiger partial charge in [-0.1, -0.05) is 136 Å². The van der Waals surface area contributed by atoms with Crippen LogP contribution in [0.4, 0.5) is 5.69 Å². The molecule has 1 saturated carbocycles. The molecule has 0 atom stereocenters. The molecular formula is C36H58N2S. The number of anilines is 1. The van der Waals surface area contributed by atoms with Gasteiger partial charge in [-0.3, -0.25) is 0 Å². The second kappa shape index (κ2) is 20.5. The number of nitrogens with two attached hydrogens (primary N) is 1. The smallest absolute Gasteiger partial charge is 0.0366 e. The number of nitrogens with zero attached hydrogens (tertiary/aromatic N) is 1. The molecule has 0 radical (unpaired) electrons. The highest BCUT2D eigenvalue weighted by Crippen LogP contribution is 2.46. The number of piperidine rings is 1. The van der Waals surface area contributed by atoms with Gasteiger partial charge in [0.1, 0.15) is 0 Å². The van der Waals surface area contributed by atoms with Gasteiger partial charge in [0, 0.05) is 34.3 Å². The molecule has 2 N–H and O–H groups in total. The minimum atomic E-state index is 0.518. The molecule has 1 aliphatic carbocycles. The Morgan fingerprint density at radius 3 is 1.95 bits per heavy atom. The van der Waals surface area contributed by atoms with Crippen LogP contribution < -0.4 is 10.6 Å². The highest BCUT2D eigenvalue weighted by molar-refractivity contribution is 8.11. The van der Waals surface area contributed by atoms with Gasteiger partial charge in [0.25, 0.3) is 0 Å². The molecule has 218 valence electrons. The van der Waals surface area contributed by atoms with E-state index >= 15 is 0 Å². The summed E-state index contributed by atoms with van der Waals surface area (Å²) in [7, 11) is 0. The van der Waals surface area contributed by atoms with E-state index in [2.05, 4.69) is 62.4 Å². The number of allylic oxidation sites excluding steroid dienone is 5. The van der Waals surface area contributed by atoms with Gasteiger partial charge in [-0.15, -0.1) is 0 Å². The van der Waals surface area contributed by atoms with Crippen LogP contribution in [0.25, 0.3) is 4.91 Å². The average molecular weight is 551 g/mol. The Hall–Kier alpha value is -2.39. The van der Waals surface area contributed by atoms with E-state index in [0.29, 0.717) is 11.1 Å². The first-order valence-corrected chi connectivity index (χ1v) is 16.0. The fourth-order valence-electron chi connectivity index (χ4n) is 5.16. The molecule has 2 aliphatic rings. The first-order valence-electron chi connectivity index (χ1n) is 15.2. The molecule has 1 aromatic rings. The largest absolute Gasteiger partial charge is 0.399 e. The van der Waals surface area contributed by atoms with Crippen molar-refractivity contribution < 1.29 is 0 Å². The van der Waals surface area contributed by atoms with Gasteiger partial charge < -0.3 is 10.6 Å². The summed E-state index contributed by atoms with van der Waals surface area (Å²) in [6.07, 6.45) is 17.2. The topological polar surface area (TPSA) is 29.3 Å². The van der Waals surface area contributed by atoms with Gasteiger partial charge >= 0.3 is 0 Å². The number of hydrogen-bond acceptors (Lipinski definition) is 3. The van der Waals surface area contributed by atoms with Gasteiger partial charge in [0.15, 0.2) is 0 Å². The van der Waals surface area contributed by atoms with Crippen LogP contribution in [0.5, 0.6) is 0 Å². The van der Waals surface area contributed by atoms with E-state index in [9.17, 15) is 0 Å². The van der Waals surface area contributed by atoms with E-state index in [0.717, 1.165) is 40.0 Å². The molecule has 1 saturated heterocycles. The van der Waals surface area contributed by atoms with Gasteiger partial charge in [0.05, 0.1) is 0 Å². The molecule has 3 heteroatoms. The fraction of sp³-hybridized carbons (Fsp3) is 0.500. The Kier molecular flexibility index (Phi) is 19.2. The number of hydrogen-bond donors (Lipinski definition) is 1. The van der Waals surface area contributed by atoms with Crippen molar-refractivity contribution in [2.45, 2.75) is 93.4 Å². The third-order valence-corrected chi connectivity index (χ3v) is 8.39. The summed E-state index contributed by atoms with van der Waals surface area (Å²) in [5.41, 5.74) is 10.0. The molecule has 3 rings (SSSR count). The van der Waals surface area contributed by atoms with E-state index in [-0.39, 0.29) is 0 Å². The van der Waals surface area contributed by atoms with Crippen molar-refractivity contribution in [3.63, 3.8) is 0 Å². The van der Waals surface area contributed by atoms with Crippen LogP contribution >= 0.6 is 11.8 Å². The molecule has 39 heavy (non-hydrogen) atoms. The van der Waals surface area contributed by atoms with Crippen molar-refractivity contribution in [3.8, 4) is 0 Å². The molecule has 1 aliphatic heterocycles. The number of benzene rings is 1. The monoisotopic (exact) mass is 550 g/mol. The predicted molar refractivity (Wildman–Crippen MR) is 183 cm³/mol. The van der Waals surface area contributed by atoms with Crippen LogP contribution in [0.1, 0.15) is 99.0 Å². The summed E-state index contributed by atoms with van der Waals surface area (Å²) in [6.45, 7) is 32.9. The van der Waals surface area contributed by atoms with Crippen LogP contribution in [0, 0.1) is 11.3 Å². The standard InChI is InChI=1S/C30H40N2S.3C2H6/c1-6-26(12-10-11-23(2)31)24(3)33-25(4)27-15-17-29(18-16-27)32-21-19-30(5,20-22-32)28-13-8-7-9-14-28;3*1-2/h6,10-12,15-18,28H,1-4,7-9,13-14,19-22,31H2,5H3;3*1-2H3/b11-10+,26-12+;;;. The first kappa shape index (κ1) is 36.6. The number of thioether (sulfide) groups is 1. The summed E-state index contributed by atoms with van der Waals surface area (Å²) >= 11 is 1.57. The predicted octanol–water partition coefficient (Wildman–Crippen LogP) is 11.3. The average Bonchev–Trinajstić information content (AvgIpc) is 2.99. The maximum absolute atomic E-state index is 5.58. The van der Waals surface area contributed by atoms with Crippen molar-refractivity contribution >= 4 is 22.4 Å². The molecule has 0 unspecified atom stereocenters. The zero-order valence-electron chi connectivity index (χ0n) is 26.3. The van der Waals surface area contributed by atoms with Crippen LogP contribution in [-0.2, 0) is 0 Å². The summed E-state index contributed by atoms with van der Waals surface area (Å²) in [5.74, 6) is 0.934. The van der Waals surface area contributed by atoms with Gasteiger partial charge in [0.2, 0.25) is 0 Å². The molecule has 2 nitrogen and oxygen atoms in total. The number of rotatable bonds is 9. The van der Waals surface area contributed by atoms with Gasteiger partial charge in [-0.05, 0) is 66.4 Å². The van der Waals surface area contributed by atoms with Crippen molar-refractivity contribution in [3.05, 3.63) is 96.6 Å². The lowest BCUT2D eigenvalue weighted by molar-refractivity contribution is 0.104. The molecule has 1 aromatic carbocycles. The Morgan fingerprint density at radius 2 is 1.46 bits per heavy atom. The van der Waals surface area contributed by atoms with E-state index in [1.807, 2.05) is 53.7 Å². The maximum atomic E-state index is 5.58. The third kappa shape index (κ3) is 12.1. The highest BCUT2D eigenvalue weighted by atomic mass is 32.2.